The van der Waals surface area contributed by atoms with Gasteiger partial charge >= 0.3 is 0 Å². The molecule has 1 nitrogen and oxygen atoms in total. The molecule has 1 aliphatic carbocycles. The van der Waals surface area contributed by atoms with Crippen LogP contribution in [0.2, 0.25) is 0 Å². The zero-order valence-corrected chi connectivity index (χ0v) is 33.8. The molecule has 1 heteroatoms. The van der Waals surface area contributed by atoms with Crippen LogP contribution in [-0.2, 0) is 5.41 Å². The minimum Gasteiger partial charge on any atom is -0.309 e. The average Bonchev–Trinajstić information content (AvgIpc) is 3.55. The summed E-state index contributed by atoms with van der Waals surface area (Å²) >= 11 is 0. The molecule has 0 amide bonds. The lowest BCUT2D eigenvalue weighted by atomic mass is 9.79. The summed E-state index contributed by atoms with van der Waals surface area (Å²) < 4.78 is 0. The molecule has 10 aromatic rings. The molecule has 10 aromatic carbocycles. The van der Waals surface area contributed by atoms with E-state index in [9.17, 15) is 0 Å². The molecule has 11 rings (SSSR count). The fourth-order valence-electron chi connectivity index (χ4n) is 9.68. The molecule has 0 N–H and O–H groups in total. The average molecular weight is 766 g/mol. The van der Waals surface area contributed by atoms with Gasteiger partial charge in [-0.15, -0.1) is 0 Å². The summed E-state index contributed by atoms with van der Waals surface area (Å²) in [5, 5.41) is 4.93. The molecule has 0 heterocycles. The van der Waals surface area contributed by atoms with Crippen LogP contribution in [0.15, 0.2) is 224 Å². The second-order valence-electron chi connectivity index (χ2n) is 16.5. The van der Waals surface area contributed by atoms with Crippen molar-refractivity contribution in [2.24, 2.45) is 0 Å². The Morgan fingerprint density at radius 1 is 0.300 bits per heavy atom. The zero-order valence-electron chi connectivity index (χ0n) is 33.8. The molecule has 0 fully saturated rings. The Labute approximate surface area is 352 Å². The second kappa shape index (κ2) is 14.4. The maximum atomic E-state index is 2.48. The highest BCUT2D eigenvalue weighted by Crippen LogP contribution is 2.53. The van der Waals surface area contributed by atoms with Crippen LogP contribution in [-0.4, -0.2) is 0 Å². The van der Waals surface area contributed by atoms with Gasteiger partial charge in [0.1, 0.15) is 0 Å². The van der Waals surface area contributed by atoms with Gasteiger partial charge in [-0.05, 0) is 114 Å². The van der Waals surface area contributed by atoms with Crippen LogP contribution >= 0.6 is 0 Å². The Hall–Kier alpha value is -7.48. The van der Waals surface area contributed by atoms with Gasteiger partial charge in [-0.1, -0.05) is 202 Å². The molecule has 0 saturated heterocycles. The van der Waals surface area contributed by atoms with E-state index < -0.39 is 0 Å². The maximum Gasteiger partial charge on any atom is 0.0546 e. The van der Waals surface area contributed by atoms with Gasteiger partial charge in [0.05, 0.1) is 11.4 Å². The van der Waals surface area contributed by atoms with Crippen molar-refractivity contribution >= 4 is 38.6 Å². The quantitative estimate of drug-likeness (QED) is 0.156. The fourth-order valence-corrected chi connectivity index (χ4v) is 9.68. The van der Waals surface area contributed by atoms with Crippen molar-refractivity contribution in [2.75, 3.05) is 4.90 Å². The summed E-state index contributed by atoms with van der Waals surface area (Å²) in [5.41, 5.74) is 18.2. The Morgan fingerprint density at radius 3 is 1.55 bits per heavy atom. The van der Waals surface area contributed by atoms with Gasteiger partial charge < -0.3 is 4.90 Å². The van der Waals surface area contributed by atoms with E-state index in [4.69, 9.17) is 0 Å². The Kier molecular flexibility index (Phi) is 8.57. The number of benzene rings is 10. The Morgan fingerprint density at radius 2 is 0.800 bits per heavy atom. The van der Waals surface area contributed by atoms with E-state index in [0.717, 1.165) is 22.6 Å². The smallest absolute Gasteiger partial charge is 0.0546 e. The predicted molar refractivity (Wildman–Crippen MR) is 255 cm³/mol. The van der Waals surface area contributed by atoms with Crippen LogP contribution in [0.25, 0.3) is 77.2 Å². The molecular weight excluding hydrogens is 723 g/mol. The number of rotatable bonds is 7. The third-order valence-electron chi connectivity index (χ3n) is 12.6. The Balaban J connectivity index is 1.14. The molecule has 0 saturated carbocycles. The number of para-hydroxylation sites is 1. The zero-order chi connectivity index (χ0) is 40.2. The molecule has 284 valence electrons. The first-order valence-corrected chi connectivity index (χ1v) is 20.9. The van der Waals surface area contributed by atoms with Crippen molar-refractivity contribution in [3.63, 3.8) is 0 Å². The van der Waals surface area contributed by atoms with Gasteiger partial charge in [0, 0.05) is 22.2 Å². The highest BCUT2D eigenvalue weighted by Gasteiger charge is 2.37. The lowest BCUT2D eigenvalue weighted by Crippen LogP contribution is -2.16. The van der Waals surface area contributed by atoms with Gasteiger partial charge in [0.2, 0.25) is 0 Å². The Bertz CT molecular complexity index is 3230. The fraction of sp³-hybridized carbons (Fsp3) is 0.0508. The molecule has 1 aliphatic rings. The molecular formula is C59H43N. The van der Waals surface area contributed by atoms with Crippen LogP contribution in [0.5, 0.6) is 0 Å². The van der Waals surface area contributed by atoms with Gasteiger partial charge in [-0.2, -0.15) is 0 Å². The predicted octanol–water partition coefficient (Wildman–Crippen LogP) is 16.4. The van der Waals surface area contributed by atoms with Gasteiger partial charge in [-0.3, -0.25) is 0 Å². The standard InChI is InChI=1S/C59H43N/c1-59(2)55-25-12-10-22-53(55)54-24-14-23-52(58(54)59)43-31-34-49(35-32-43)60(56-26-13-11-21-50(56)42-17-4-3-5-18-42)57-39-47(46-29-27-40-15-6-8-19-44(40)37-46)33-36-51(57)48-30-28-41-16-7-9-20-45(41)38-48/h3-39H,1-2H3. The number of anilines is 3. The third kappa shape index (κ3) is 6.01. The van der Waals surface area contributed by atoms with E-state index in [0.29, 0.717) is 0 Å². The molecule has 0 spiro atoms. The highest BCUT2D eigenvalue weighted by atomic mass is 15.1. The normalized spacial score (nSPS) is 12.6. The summed E-state index contributed by atoms with van der Waals surface area (Å²) in [5.74, 6) is 0. The summed E-state index contributed by atoms with van der Waals surface area (Å²) in [6, 6.07) is 82.6. The van der Waals surface area contributed by atoms with Gasteiger partial charge in [0.25, 0.3) is 0 Å². The summed E-state index contributed by atoms with van der Waals surface area (Å²) in [6.45, 7) is 4.74. The van der Waals surface area contributed by atoms with E-state index in [1.165, 1.54) is 82.7 Å². The number of fused-ring (bicyclic) bond motifs is 5. The summed E-state index contributed by atoms with van der Waals surface area (Å²) in [4.78, 5) is 2.48. The molecule has 0 bridgehead atoms. The molecule has 60 heavy (non-hydrogen) atoms. The van der Waals surface area contributed by atoms with Gasteiger partial charge in [0.15, 0.2) is 0 Å². The monoisotopic (exact) mass is 765 g/mol. The minimum atomic E-state index is -0.111. The molecule has 0 aromatic heterocycles. The second-order valence-corrected chi connectivity index (χ2v) is 16.5. The summed E-state index contributed by atoms with van der Waals surface area (Å²) in [6.07, 6.45) is 0. The van der Waals surface area contributed by atoms with E-state index in [-0.39, 0.29) is 5.41 Å². The van der Waals surface area contributed by atoms with Crippen molar-refractivity contribution in [3.8, 4) is 55.6 Å². The molecule has 0 unspecified atom stereocenters. The van der Waals surface area contributed by atoms with Crippen molar-refractivity contribution < 1.29 is 0 Å². The van der Waals surface area contributed by atoms with E-state index >= 15 is 0 Å². The lowest BCUT2D eigenvalue weighted by molar-refractivity contribution is 0.662. The summed E-state index contributed by atoms with van der Waals surface area (Å²) in [7, 11) is 0. The number of hydrogen-bond acceptors (Lipinski definition) is 1. The lowest BCUT2D eigenvalue weighted by Gasteiger charge is -2.31. The first-order valence-electron chi connectivity index (χ1n) is 20.9. The van der Waals surface area contributed by atoms with Crippen LogP contribution in [0.4, 0.5) is 17.1 Å². The van der Waals surface area contributed by atoms with Crippen molar-refractivity contribution in [1.29, 1.82) is 0 Å². The minimum absolute atomic E-state index is 0.111. The van der Waals surface area contributed by atoms with E-state index in [1.807, 2.05) is 0 Å². The van der Waals surface area contributed by atoms with Crippen LogP contribution in [0.3, 0.4) is 0 Å². The molecule has 0 radical (unpaired) electrons. The van der Waals surface area contributed by atoms with E-state index in [2.05, 4.69) is 243 Å². The largest absolute Gasteiger partial charge is 0.309 e. The third-order valence-corrected chi connectivity index (χ3v) is 12.6. The van der Waals surface area contributed by atoms with Gasteiger partial charge in [-0.25, -0.2) is 0 Å². The van der Waals surface area contributed by atoms with Crippen LogP contribution < -0.4 is 4.90 Å². The highest BCUT2D eigenvalue weighted by molar-refractivity contribution is 5.98. The first-order chi connectivity index (χ1) is 29.5. The van der Waals surface area contributed by atoms with Crippen LogP contribution in [0.1, 0.15) is 25.0 Å². The van der Waals surface area contributed by atoms with Crippen molar-refractivity contribution in [3.05, 3.63) is 236 Å². The number of hydrogen-bond donors (Lipinski definition) is 0. The van der Waals surface area contributed by atoms with E-state index in [1.54, 1.807) is 0 Å². The molecule has 0 aliphatic heterocycles. The van der Waals surface area contributed by atoms with Crippen molar-refractivity contribution in [2.45, 2.75) is 19.3 Å². The first kappa shape index (κ1) is 35.7. The topological polar surface area (TPSA) is 3.24 Å². The number of nitrogens with zero attached hydrogens (tertiary/aromatic N) is 1. The SMILES string of the molecule is CC1(C)c2ccccc2-c2cccc(-c3ccc(N(c4ccccc4-c4ccccc4)c4cc(-c5ccc6ccccc6c5)ccc4-c4ccc5ccccc5c4)cc3)c21. The maximum absolute atomic E-state index is 2.48. The van der Waals surface area contributed by atoms with Crippen molar-refractivity contribution in [1.82, 2.24) is 0 Å². The molecule has 0 atom stereocenters. The van der Waals surface area contributed by atoms with Crippen LogP contribution in [0, 0.1) is 0 Å².